The Morgan fingerprint density at radius 3 is 2.57 bits per heavy atom. The fraction of sp³-hybridized carbons (Fsp3) is 0.435. The second-order valence-corrected chi connectivity index (χ2v) is 9.24. The third-order valence-corrected chi connectivity index (χ3v) is 7.35. The van der Waals surface area contributed by atoms with E-state index in [1.165, 1.54) is 23.1 Å². The number of hydrogen-bond donors (Lipinski definition) is 0. The van der Waals surface area contributed by atoms with Gasteiger partial charge in [0.05, 0.1) is 0 Å². The number of aromatic nitrogens is 2. The minimum absolute atomic E-state index is 0.185. The largest absolute Gasteiger partial charge is 0.336 e. The summed E-state index contributed by atoms with van der Waals surface area (Å²) in [5, 5.41) is 0. The summed E-state index contributed by atoms with van der Waals surface area (Å²) in [5.74, 6) is -0.185. The maximum absolute atomic E-state index is 13.2. The number of hydrogen-bond acceptors (Lipinski definition) is 5. The maximum Gasteiger partial charge on any atom is 0.271 e. The molecule has 1 fully saturated rings. The molecule has 0 saturated carbocycles. The molecular formula is C23H26N4O2S. The van der Waals surface area contributed by atoms with Gasteiger partial charge >= 0.3 is 0 Å². The molecule has 156 valence electrons. The maximum atomic E-state index is 13.2. The molecule has 7 heteroatoms. The molecule has 6 nitrogen and oxygen atoms in total. The summed E-state index contributed by atoms with van der Waals surface area (Å²) in [4.78, 5) is 37.0. The second kappa shape index (κ2) is 8.32. The van der Waals surface area contributed by atoms with Crippen molar-refractivity contribution in [3.8, 4) is 0 Å². The zero-order valence-corrected chi connectivity index (χ0v) is 17.9. The van der Waals surface area contributed by atoms with E-state index in [4.69, 9.17) is 0 Å². The molecule has 1 aromatic carbocycles. The Balaban J connectivity index is 1.33. The van der Waals surface area contributed by atoms with Gasteiger partial charge in [0, 0.05) is 49.5 Å². The smallest absolute Gasteiger partial charge is 0.271 e. The molecule has 0 bridgehead atoms. The zero-order valence-electron chi connectivity index (χ0n) is 17.0. The van der Waals surface area contributed by atoms with Crippen molar-refractivity contribution >= 4 is 22.2 Å². The van der Waals surface area contributed by atoms with Crippen molar-refractivity contribution in [3.63, 3.8) is 0 Å². The first-order valence-electron chi connectivity index (χ1n) is 10.8. The highest BCUT2D eigenvalue weighted by atomic mass is 32.1. The monoisotopic (exact) mass is 422 g/mol. The van der Waals surface area contributed by atoms with Crippen molar-refractivity contribution in [2.75, 3.05) is 26.2 Å². The van der Waals surface area contributed by atoms with Gasteiger partial charge in [0.2, 0.25) is 0 Å². The van der Waals surface area contributed by atoms with Gasteiger partial charge in [-0.25, -0.2) is 4.98 Å². The van der Waals surface area contributed by atoms with E-state index >= 15 is 0 Å². The summed E-state index contributed by atoms with van der Waals surface area (Å²) in [7, 11) is 0. The number of amides is 1. The van der Waals surface area contributed by atoms with Gasteiger partial charge in [-0.1, -0.05) is 36.8 Å². The number of aryl methyl sites for hydroxylation is 2. The van der Waals surface area contributed by atoms with E-state index < -0.39 is 0 Å². The average Bonchev–Trinajstić information content (AvgIpc) is 2.97. The van der Waals surface area contributed by atoms with E-state index in [0.717, 1.165) is 56.0 Å². The molecule has 0 atom stereocenters. The van der Waals surface area contributed by atoms with Crippen molar-refractivity contribution in [1.82, 2.24) is 19.2 Å². The molecule has 1 aliphatic heterocycles. The molecule has 0 spiro atoms. The molecule has 1 saturated heterocycles. The van der Waals surface area contributed by atoms with E-state index in [1.54, 1.807) is 20.6 Å². The van der Waals surface area contributed by atoms with Crippen molar-refractivity contribution in [3.05, 3.63) is 68.6 Å². The number of piperazine rings is 1. The van der Waals surface area contributed by atoms with Crippen LogP contribution >= 0.6 is 11.3 Å². The highest BCUT2D eigenvalue weighted by molar-refractivity contribution is 7.17. The molecule has 2 aromatic heterocycles. The number of carbonyl (C=O) groups is 1. The van der Waals surface area contributed by atoms with Gasteiger partial charge in [0.15, 0.2) is 4.96 Å². The lowest BCUT2D eigenvalue weighted by Crippen LogP contribution is -2.49. The average molecular weight is 423 g/mol. The van der Waals surface area contributed by atoms with Gasteiger partial charge in [-0.3, -0.25) is 18.9 Å². The Morgan fingerprint density at radius 2 is 1.77 bits per heavy atom. The molecule has 1 amide bonds. The summed E-state index contributed by atoms with van der Waals surface area (Å²) in [6.07, 6.45) is 6.84. The minimum Gasteiger partial charge on any atom is -0.336 e. The van der Waals surface area contributed by atoms with Crippen molar-refractivity contribution in [2.24, 2.45) is 0 Å². The third-order valence-electron chi connectivity index (χ3n) is 6.19. The first kappa shape index (κ1) is 19.5. The van der Waals surface area contributed by atoms with Crippen LogP contribution in [0.2, 0.25) is 0 Å². The van der Waals surface area contributed by atoms with Crippen LogP contribution in [-0.2, 0) is 19.4 Å². The number of nitrogens with zero attached hydrogens (tertiary/aromatic N) is 4. The zero-order chi connectivity index (χ0) is 20.5. The molecule has 2 aliphatic rings. The van der Waals surface area contributed by atoms with Crippen LogP contribution in [0.5, 0.6) is 0 Å². The second-order valence-electron chi connectivity index (χ2n) is 8.18. The van der Waals surface area contributed by atoms with Gasteiger partial charge in [0.1, 0.15) is 5.56 Å². The minimum atomic E-state index is -0.198. The summed E-state index contributed by atoms with van der Waals surface area (Å²) in [5.41, 5.74) is 2.36. The predicted molar refractivity (Wildman–Crippen MR) is 118 cm³/mol. The predicted octanol–water partition coefficient (Wildman–Crippen LogP) is 2.98. The molecular weight excluding hydrogens is 396 g/mol. The molecule has 1 aliphatic carbocycles. The van der Waals surface area contributed by atoms with Gasteiger partial charge in [-0.2, -0.15) is 0 Å². The summed E-state index contributed by atoms with van der Waals surface area (Å²) in [6.45, 7) is 3.78. The Bertz CT molecular complexity index is 1110. The summed E-state index contributed by atoms with van der Waals surface area (Å²) in [6, 6.07) is 10.4. The molecule has 5 rings (SSSR count). The first-order chi connectivity index (χ1) is 14.7. The Hall–Kier alpha value is -2.51. The van der Waals surface area contributed by atoms with Crippen LogP contribution in [0.4, 0.5) is 0 Å². The Kier molecular flexibility index (Phi) is 5.39. The number of benzene rings is 1. The number of thiazole rings is 1. The fourth-order valence-electron chi connectivity index (χ4n) is 4.51. The van der Waals surface area contributed by atoms with Crippen LogP contribution < -0.4 is 5.56 Å². The van der Waals surface area contributed by atoms with E-state index in [2.05, 4.69) is 34.1 Å². The Labute approximate surface area is 179 Å². The number of fused-ring (bicyclic) bond motifs is 3. The standard InChI is InChI=1S/C23H26N4O2S/c28-21(26-13-11-25(12-14-26)16-17-7-3-1-4-8-17)18-15-24-23-27(22(18)29)19-9-5-2-6-10-20(19)30-23/h1,3-4,7-8,15H,2,5-6,9-14,16H2. The normalized spacial score (nSPS) is 17.7. The SMILES string of the molecule is O=C(c1cnc2sc3c(n2c1=O)CCCCC3)N1CCN(Cc2ccccc2)CC1. The van der Waals surface area contributed by atoms with E-state index in [1.807, 2.05) is 6.07 Å². The third kappa shape index (κ3) is 3.68. The Morgan fingerprint density at radius 1 is 1.00 bits per heavy atom. The van der Waals surface area contributed by atoms with Gasteiger partial charge in [-0.15, -0.1) is 11.3 Å². The van der Waals surface area contributed by atoms with Gasteiger partial charge in [0.25, 0.3) is 11.5 Å². The number of rotatable bonds is 3. The molecule has 0 unspecified atom stereocenters. The van der Waals surface area contributed by atoms with E-state index in [-0.39, 0.29) is 17.0 Å². The summed E-state index contributed by atoms with van der Waals surface area (Å²) >= 11 is 1.60. The molecule has 3 aromatic rings. The summed E-state index contributed by atoms with van der Waals surface area (Å²) < 4.78 is 1.71. The van der Waals surface area contributed by atoms with Crippen LogP contribution in [0.15, 0.2) is 41.3 Å². The van der Waals surface area contributed by atoms with Crippen LogP contribution in [0, 0.1) is 0 Å². The van der Waals surface area contributed by atoms with Crippen molar-refractivity contribution < 1.29 is 4.79 Å². The molecule has 0 radical (unpaired) electrons. The van der Waals surface area contributed by atoms with Crippen LogP contribution in [-0.4, -0.2) is 51.3 Å². The lowest BCUT2D eigenvalue weighted by molar-refractivity contribution is 0.0626. The van der Waals surface area contributed by atoms with Crippen molar-refractivity contribution in [2.45, 2.75) is 38.6 Å². The highest BCUT2D eigenvalue weighted by Crippen LogP contribution is 2.27. The molecule has 30 heavy (non-hydrogen) atoms. The van der Waals surface area contributed by atoms with Crippen LogP contribution in [0.25, 0.3) is 4.96 Å². The fourth-order valence-corrected chi connectivity index (χ4v) is 5.68. The van der Waals surface area contributed by atoms with Gasteiger partial charge in [-0.05, 0) is 31.2 Å². The van der Waals surface area contributed by atoms with Crippen LogP contribution in [0.1, 0.15) is 45.8 Å². The molecule has 0 N–H and O–H groups in total. The lowest BCUT2D eigenvalue weighted by atomic mass is 10.2. The number of carbonyl (C=O) groups excluding carboxylic acids is 1. The topological polar surface area (TPSA) is 57.9 Å². The lowest BCUT2D eigenvalue weighted by Gasteiger charge is -2.34. The van der Waals surface area contributed by atoms with Crippen LogP contribution in [0.3, 0.4) is 0 Å². The first-order valence-corrected chi connectivity index (χ1v) is 11.6. The van der Waals surface area contributed by atoms with E-state index in [9.17, 15) is 9.59 Å². The molecule has 3 heterocycles. The van der Waals surface area contributed by atoms with Crippen molar-refractivity contribution in [1.29, 1.82) is 0 Å². The van der Waals surface area contributed by atoms with E-state index in [0.29, 0.717) is 13.1 Å². The highest BCUT2D eigenvalue weighted by Gasteiger charge is 2.26. The van der Waals surface area contributed by atoms with Gasteiger partial charge < -0.3 is 4.90 Å². The quantitative estimate of drug-likeness (QED) is 0.609.